The molecule has 2 aromatic rings. The molecule has 11 heteroatoms. The van der Waals surface area contributed by atoms with E-state index in [4.69, 9.17) is 0 Å². The predicted octanol–water partition coefficient (Wildman–Crippen LogP) is 2.44. The first kappa shape index (κ1) is 22.7. The Morgan fingerprint density at radius 2 is 2.06 bits per heavy atom. The van der Waals surface area contributed by atoms with Gasteiger partial charge in [-0.2, -0.15) is 0 Å². The standard InChI is InChI=1S/C20H26N6O4S/c1-13-6-3-4-9-16(13)22-18(27)12-31-20-24-23-17(25(20)2)11-21-19(28)14-7-5-8-15(10-14)26(29)30/h5,7-8,10,13,16H,3-4,6,9,11-12H2,1-2H3,(H,21,28)(H,22,27)/t13-,16-/m1/s1. The van der Waals surface area contributed by atoms with Crippen molar-refractivity contribution in [1.29, 1.82) is 0 Å². The quantitative estimate of drug-likeness (QED) is 0.361. The molecule has 1 aromatic carbocycles. The van der Waals surface area contributed by atoms with Crippen LogP contribution in [-0.4, -0.2) is 43.3 Å². The van der Waals surface area contributed by atoms with Crippen LogP contribution in [0.3, 0.4) is 0 Å². The third-order valence-corrected chi connectivity index (χ3v) is 6.46. The Labute approximate surface area is 184 Å². The van der Waals surface area contributed by atoms with Crippen molar-refractivity contribution in [2.75, 3.05) is 5.75 Å². The molecule has 3 rings (SSSR count). The molecule has 31 heavy (non-hydrogen) atoms. The van der Waals surface area contributed by atoms with Crippen LogP contribution in [0.15, 0.2) is 29.4 Å². The van der Waals surface area contributed by atoms with E-state index in [-0.39, 0.29) is 35.5 Å². The summed E-state index contributed by atoms with van der Waals surface area (Å²) in [7, 11) is 1.76. The minimum absolute atomic E-state index is 0.0210. The summed E-state index contributed by atoms with van der Waals surface area (Å²) in [6, 6.07) is 5.75. The summed E-state index contributed by atoms with van der Waals surface area (Å²) in [5.74, 6) is 0.797. The molecule has 1 aliphatic carbocycles. The van der Waals surface area contributed by atoms with Crippen molar-refractivity contribution < 1.29 is 14.5 Å². The number of rotatable bonds is 8. The van der Waals surface area contributed by atoms with Gasteiger partial charge in [0, 0.05) is 30.8 Å². The van der Waals surface area contributed by atoms with Crippen molar-refractivity contribution in [3.8, 4) is 0 Å². The molecular formula is C20H26N6O4S. The second kappa shape index (κ2) is 10.4. The Bertz CT molecular complexity index is 963. The van der Waals surface area contributed by atoms with Gasteiger partial charge in [0.25, 0.3) is 11.6 Å². The van der Waals surface area contributed by atoms with Crippen LogP contribution in [0.1, 0.15) is 48.8 Å². The van der Waals surface area contributed by atoms with Crippen molar-refractivity contribution in [1.82, 2.24) is 25.4 Å². The maximum atomic E-state index is 12.3. The monoisotopic (exact) mass is 446 g/mol. The predicted molar refractivity (Wildman–Crippen MR) is 116 cm³/mol. The van der Waals surface area contributed by atoms with Crippen LogP contribution >= 0.6 is 11.8 Å². The smallest absolute Gasteiger partial charge is 0.270 e. The number of amides is 2. The Kier molecular flexibility index (Phi) is 7.61. The van der Waals surface area contributed by atoms with Crippen molar-refractivity contribution in [3.05, 3.63) is 45.8 Å². The fraction of sp³-hybridized carbons (Fsp3) is 0.500. The Morgan fingerprint density at radius 3 is 2.81 bits per heavy atom. The summed E-state index contributed by atoms with van der Waals surface area (Å²) in [6.07, 6.45) is 4.54. The molecule has 1 aliphatic rings. The number of nitro groups is 1. The van der Waals surface area contributed by atoms with Gasteiger partial charge in [0.2, 0.25) is 5.91 Å². The maximum absolute atomic E-state index is 12.3. The minimum atomic E-state index is -0.548. The number of thioether (sulfide) groups is 1. The first-order valence-corrected chi connectivity index (χ1v) is 11.2. The van der Waals surface area contributed by atoms with E-state index < -0.39 is 10.8 Å². The summed E-state index contributed by atoms with van der Waals surface area (Å²) >= 11 is 1.29. The zero-order valence-electron chi connectivity index (χ0n) is 17.5. The lowest BCUT2D eigenvalue weighted by Crippen LogP contribution is -2.41. The van der Waals surface area contributed by atoms with Gasteiger partial charge in [0.15, 0.2) is 11.0 Å². The number of nitro benzene ring substituents is 1. The SMILES string of the molecule is C[C@@H]1CCCC[C@H]1NC(=O)CSc1nnc(CNC(=O)c2cccc([N+](=O)[O-])c2)n1C. The average molecular weight is 447 g/mol. The summed E-state index contributed by atoms with van der Waals surface area (Å²) in [5.41, 5.74) is 0.0467. The fourth-order valence-corrected chi connectivity index (χ4v) is 4.30. The molecule has 1 aromatic heterocycles. The van der Waals surface area contributed by atoms with Crippen LogP contribution in [0.4, 0.5) is 5.69 Å². The molecular weight excluding hydrogens is 420 g/mol. The number of nitrogens with zero attached hydrogens (tertiary/aromatic N) is 4. The summed E-state index contributed by atoms with van der Waals surface area (Å²) in [6.45, 7) is 2.28. The molecule has 2 atom stereocenters. The lowest BCUT2D eigenvalue weighted by molar-refractivity contribution is -0.384. The van der Waals surface area contributed by atoms with Gasteiger partial charge in [0.05, 0.1) is 17.2 Å². The zero-order valence-corrected chi connectivity index (χ0v) is 18.4. The zero-order chi connectivity index (χ0) is 22.4. The van der Waals surface area contributed by atoms with E-state index in [0.29, 0.717) is 16.9 Å². The number of benzene rings is 1. The van der Waals surface area contributed by atoms with Gasteiger partial charge in [-0.05, 0) is 24.8 Å². The second-order valence-corrected chi connectivity index (χ2v) is 8.61. The van der Waals surface area contributed by atoms with Crippen molar-refractivity contribution in [2.24, 2.45) is 13.0 Å². The van der Waals surface area contributed by atoms with E-state index in [0.717, 1.165) is 19.3 Å². The Hall–Kier alpha value is -2.95. The van der Waals surface area contributed by atoms with Gasteiger partial charge < -0.3 is 15.2 Å². The maximum Gasteiger partial charge on any atom is 0.270 e. The largest absolute Gasteiger partial charge is 0.352 e. The third kappa shape index (κ3) is 6.03. The molecule has 1 fully saturated rings. The molecule has 1 saturated carbocycles. The number of hydrogen-bond donors (Lipinski definition) is 2. The highest BCUT2D eigenvalue weighted by Gasteiger charge is 2.23. The van der Waals surface area contributed by atoms with Crippen LogP contribution in [0.25, 0.3) is 0 Å². The van der Waals surface area contributed by atoms with Gasteiger partial charge in [-0.15, -0.1) is 10.2 Å². The van der Waals surface area contributed by atoms with E-state index in [9.17, 15) is 19.7 Å². The normalized spacial score (nSPS) is 18.4. The highest BCUT2D eigenvalue weighted by molar-refractivity contribution is 7.99. The van der Waals surface area contributed by atoms with Gasteiger partial charge in [0.1, 0.15) is 0 Å². The average Bonchev–Trinajstić information content (AvgIpc) is 3.11. The Balaban J connectivity index is 1.50. The lowest BCUT2D eigenvalue weighted by atomic mass is 9.86. The molecule has 1 heterocycles. The van der Waals surface area contributed by atoms with E-state index in [2.05, 4.69) is 27.8 Å². The highest BCUT2D eigenvalue weighted by atomic mass is 32.2. The summed E-state index contributed by atoms with van der Waals surface area (Å²) < 4.78 is 1.72. The topological polar surface area (TPSA) is 132 Å². The Morgan fingerprint density at radius 1 is 1.29 bits per heavy atom. The van der Waals surface area contributed by atoms with Crippen LogP contribution in [0, 0.1) is 16.0 Å². The number of hydrogen-bond acceptors (Lipinski definition) is 7. The van der Waals surface area contributed by atoms with Gasteiger partial charge in [-0.1, -0.05) is 37.6 Å². The summed E-state index contributed by atoms with van der Waals surface area (Å²) in [5, 5.41) is 25.4. The number of nitrogens with one attached hydrogen (secondary N) is 2. The molecule has 0 bridgehead atoms. The number of carbonyl (C=O) groups is 2. The minimum Gasteiger partial charge on any atom is -0.352 e. The molecule has 0 spiro atoms. The number of non-ortho nitro benzene ring substituents is 1. The van der Waals surface area contributed by atoms with Crippen LogP contribution in [0.5, 0.6) is 0 Å². The van der Waals surface area contributed by atoms with Gasteiger partial charge >= 0.3 is 0 Å². The molecule has 0 aliphatic heterocycles. The molecule has 166 valence electrons. The van der Waals surface area contributed by atoms with Crippen LogP contribution in [0.2, 0.25) is 0 Å². The number of aromatic nitrogens is 3. The molecule has 0 unspecified atom stereocenters. The van der Waals surface area contributed by atoms with Crippen molar-refractivity contribution in [2.45, 2.75) is 50.4 Å². The van der Waals surface area contributed by atoms with Crippen LogP contribution in [-0.2, 0) is 18.4 Å². The van der Waals surface area contributed by atoms with E-state index in [1.165, 1.54) is 42.4 Å². The second-order valence-electron chi connectivity index (χ2n) is 7.67. The lowest BCUT2D eigenvalue weighted by Gasteiger charge is -2.29. The number of carbonyl (C=O) groups excluding carboxylic acids is 2. The first-order valence-electron chi connectivity index (χ1n) is 10.2. The van der Waals surface area contributed by atoms with Crippen molar-refractivity contribution in [3.63, 3.8) is 0 Å². The molecule has 0 saturated heterocycles. The van der Waals surface area contributed by atoms with Gasteiger partial charge in [-0.3, -0.25) is 19.7 Å². The molecule has 10 nitrogen and oxygen atoms in total. The van der Waals surface area contributed by atoms with E-state index in [1.807, 2.05) is 0 Å². The van der Waals surface area contributed by atoms with E-state index in [1.54, 1.807) is 11.6 Å². The van der Waals surface area contributed by atoms with Crippen molar-refractivity contribution >= 4 is 29.3 Å². The fourth-order valence-electron chi connectivity index (χ4n) is 3.56. The van der Waals surface area contributed by atoms with Crippen LogP contribution < -0.4 is 10.6 Å². The van der Waals surface area contributed by atoms with Gasteiger partial charge in [-0.25, -0.2) is 0 Å². The first-order chi connectivity index (χ1) is 14.8. The molecule has 2 N–H and O–H groups in total. The highest BCUT2D eigenvalue weighted by Crippen LogP contribution is 2.24. The van der Waals surface area contributed by atoms with E-state index >= 15 is 0 Å². The molecule has 0 radical (unpaired) electrons. The third-order valence-electron chi connectivity index (χ3n) is 5.44. The molecule has 2 amide bonds. The summed E-state index contributed by atoms with van der Waals surface area (Å²) in [4.78, 5) is 34.9.